The number of nitrogens with one attached hydrogen (secondary N) is 1. The van der Waals surface area contributed by atoms with Crippen LogP contribution in [0.3, 0.4) is 0 Å². The van der Waals surface area contributed by atoms with Crippen LogP contribution in [-0.2, 0) is 16.6 Å². The lowest BCUT2D eigenvalue weighted by Crippen LogP contribution is -2.30. The molecule has 1 heterocycles. The average Bonchev–Trinajstić information content (AvgIpc) is 2.59. The maximum atomic E-state index is 11.8. The van der Waals surface area contributed by atoms with Crippen molar-refractivity contribution in [3.05, 3.63) is 11.3 Å². The van der Waals surface area contributed by atoms with Crippen molar-refractivity contribution in [2.45, 2.75) is 19.9 Å². The molecule has 0 amide bonds. The molecule has 0 spiro atoms. The monoisotopic (exact) mass is 241 g/mol. The lowest BCUT2D eigenvalue weighted by atomic mass is 10.1. The molecule has 0 fully saturated rings. The van der Waals surface area contributed by atoms with Crippen LogP contribution in [0.25, 0.3) is 0 Å². The van der Waals surface area contributed by atoms with E-state index in [1.54, 1.807) is 18.8 Å². The summed E-state index contributed by atoms with van der Waals surface area (Å²) in [7, 11) is 4.70. The summed E-state index contributed by atoms with van der Waals surface area (Å²) in [6, 6.07) is -0.548. The summed E-state index contributed by atoms with van der Waals surface area (Å²) in [5.41, 5.74) is 1.48. The highest BCUT2D eigenvalue weighted by Crippen LogP contribution is 2.28. The molecule has 0 aromatic carbocycles. The number of aromatic nitrogens is 2. The highest BCUT2D eigenvalue weighted by molar-refractivity contribution is 5.78. The third-order valence-corrected chi connectivity index (χ3v) is 2.54. The summed E-state index contributed by atoms with van der Waals surface area (Å²) in [5.74, 6) is 0.222. The minimum atomic E-state index is -0.548. The summed E-state index contributed by atoms with van der Waals surface area (Å²) < 4.78 is 11.7. The Kier molecular flexibility index (Phi) is 4.51. The molecule has 0 aliphatic carbocycles. The van der Waals surface area contributed by atoms with Gasteiger partial charge in [-0.25, -0.2) is 9.48 Å². The number of aryl methyl sites for hydroxylation is 2. The third-order valence-electron chi connectivity index (χ3n) is 2.54. The first-order valence-corrected chi connectivity index (χ1v) is 5.45. The van der Waals surface area contributed by atoms with Crippen LogP contribution in [0.2, 0.25) is 0 Å². The van der Waals surface area contributed by atoms with Gasteiger partial charge in [0.15, 0.2) is 0 Å². The number of methoxy groups -OCH3 is 2. The molecule has 1 N–H and O–H groups in total. The molecular formula is C11H19N3O3. The van der Waals surface area contributed by atoms with Gasteiger partial charge in [0, 0.05) is 7.05 Å². The van der Waals surface area contributed by atoms with E-state index in [-0.39, 0.29) is 5.97 Å². The minimum absolute atomic E-state index is 0.346. The Morgan fingerprint density at radius 1 is 1.53 bits per heavy atom. The molecule has 1 unspecified atom stereocenters. The average molecular weight is 241 g/mol. The zero-order valence-corrected chi connectivity index (χ0v) is 10.9. The fraction of sp³-hybridized carbons (Fsp3) is 0.636. The standard InChI is InChI=1S/C11H19N3O3/c1-6-12-9(11(15)17-5)8-7(2)13-14(3)10(8)16-4/h9,12H,6H2,1-5H3. The van der Waals surface area contributed by atoms with Crippen molar-refractivity contribution in [2.75, 3.05) is 20.8 Å². The molecule has 1 rings (SSSR count). The first kappa shape index (κ1) is 13.5. The van der Waals surface area contributed by atoms with E-state index in [2.05, 4.69) is 10.4 Å². The Morgan fingerprint density at radius 2 is 2.18 bits per heavy atom. The van der Waals surface area contributed by atoms with Crippen molar-refractivity contribution < 1.29 is 14.3 Å². The molecule has 96 valence electrons. The van der Waals surface area contributed by atoms with E-state index < -0.39 is 6.04 Å². The van der Waals surface area contributed by atoms with Crippen LogP contribution < -0.4 is 10.1 Å². The van der Waals surface area contributed by atoms with Crippen LogP contribution >= 0.6 is 0 Å². The first-order chi connectivity index (χ1) is 8.06. The summed E-state index contributed by atoms with van der Waals surface area (Å²) in [5, 5.41) is 7.32. The van der Waals surface area contributed by atoms with E-state index >= 15 is 0 Å². The van der Waals surface area contributed by atoms with E-state index in [0.717, 1.165) is 11.3 Å². The van der Waals surface area contributed by atoms with Crippen LogP contribution in [0.15, 0.2) is 0 Å². The molecule has 0 bridgehead atoms. The number of ether oxygens (including phenoxy) is 2. The lowest BCUT2D eigenvalue weighted by molar-refractivity contribution is -0.143. The second-order valence-electron chi connectivity index (χ2n) is 3.65. The Morgan fingerprint density at radius 3 is 2.65 bits per heavy atom. The predicted molar refractivity (Wildman–Crippen MR) is 62.9 cm³/mol. The smallest absolute Gasteiger partial charge is 0.327 e. The lowest BCUT2D eigenvalue weighted by Gasteiger charge is -2.16. The quantitative estimate of drug-likeness (QED) is 0.763. The number of esters is 1. The van der Waals surface area contributed by atoms with Gasteiger partial charge in [-0.15, -0.1) is 0 Å². The third kappa shape index (κ3) is 2.58. The van der Waals surface area contributed by atoms with Crippen LogP contribution in [0, 0.1) is 6.92 Å². The number of hydrogen-bond donors (Lipinski definition) is 1. The molecule has 1 atom stereocenters. The van der Waals surface area contributed by atoms with E-state index in [9.17, 15) is 4.79 Å². The zero-order valence-electron chi connectivity index (χ0n) is 10.9. The van der Waals surface area contributed by atoms with Gasteiger partial charge in [-0.1, -0.05) is 6.92 Å². The van der Waals surface area contributed by atoms with Crippen molar-refractivity contribution in [2.24, 2.45) is 7.05 Å². The number of rotatable bonds is 5. The van der Waals surface area contributed by atoms with Crippen LogP contribution in [0.5, 0.6) is 5.88 Å². The summed E-state index contributed by atoms with van der Waals surface area (Å²) >= 11 is 0. The number of hydrogen-bond acceptors (Lipinski definition) is 5. The fourth-order valence-electron chi connectivity index (χ4n) is 1.85. The molecule has 0 aliphatic rings. The van der Waals surface area contributed by atoms with Gasteiger partial charge in [0.25, 0.3) is 0 Å². The van der Waals surface area contributed by atoms with Crippen LogP contribution in [0.4, 0.5) is 0 Å². The second-order valence-corrected chi connectivity index (χ2v) is 3.65. The van der Waals surface area contributed by atoms with Gasteiger partial charge in [-0.05, 0) is 13.5 Å². The Labute approximate surface area is 101 Å². The zero-order chi connectivity index (χ0) is 13.0. The summed E-state index contributed by atoms with van der Waals surface area (Å²) in [4.78, 5) is 11.8. The first-order valence-electron chi connectivity index (χ1n) is 5.45. The highest BCUT2D eigenvalue weighted by Gasteiger charge is 2.29. The molecule has 0 saturated heterocycles. The molecule has 0 aliphatic heterocycles. The molecule has 6 heteroatoms. The van der Waals surface area contributed by atoms with E-state index in [1.807, 2.05) is 13.8 Å². The normalized spacial score (nSPS) is 12.3. The summed E-state index contributed by atoms with van der Waals surface area (Å²) in [6.07, 6.45) is 0. The Bertz CT molecular complexity index is 401. The van der Waals surface area contributed by atoms with Crippen molar-refractivity contribution >= 4 is 5.97 Å². The van der Waals surface area contributed by atoms with Crippen molar-refractivity contribution in [1.82, 2.24) is 15.1 Å². The molecular weight excluding hydrogens is 222 g/mol. The van der Waals surface area contributed by atoms with Gasteiger partial charge in [-0.3, -0.25) is 0 Å². The number of carbonyl (C=O) groups is 1. The maximum absolute atomic E-state index is 11.8. The van der Waals surface area contributed by atoms with Gasteiger partial charge in [0.05, 0.1) is 25.5 Å². The Balaban J connectivity index is 3.21. The molecule has 0 radical (unpaired) electrons. The van der Waals surface area contributed by atoms with Gasteiger partial charge in [0.1, 0.15) is 6.04 Å². The van der Waals surface area contributed by atoms with Gasteiger partial charge in [-0.2, -0.15) is 5.10 Å². The predicted octanol–water partition coefficient (Wildman–Crippen LogP) is 0.561. The van der Waals surface area contributed by atoms with Gasteiger partial charge >= 0.3 is 5.97 Å². The van der Waals surface area contributed by atoms with E-state index in [4.69, 9.17) is 9.47 Å². The van der Waals surface area contributed by atoms with Gasteiger partial charge < -0.3 is 14.8 Å². The molecule has 0 saturated carbocycles. The van der Waals surface area contributed by atoms with Crippen LogP contribution in [0.1, 0.15) is 24.2 Å². The van der Waals surface area contributed by atoms with Crippen molar-refractivity contribution in [3.8, 4) is 5.88 Å². The molecule has 6 nitrogen and oxygen atoms in total. The Hall–Kier alpha value is -1.56. The van der Waals surface area contributed by atoms with Crippen LogP contribution in [-0.4, -0.2) is 36.5 Å². The topological polar surface area (TPSA) is 65.4 Å². The SMILES string of the molecule is CCNC(C(=O)OC)c1c(C)nn(C)c1OC. The highest BCUT2D eigenvalue weighted by atomic mass is 16.5. The maximum Gasteiger partial charge on any atom is 0.327 e. The number of likely N-dealkylation sites (N-methyl/N-ethyl adjacent to an activating group) is 1. The van der Waals surface area contributed by atoms with Gasteiger partial charge in [0.2, 0.25) is 5.88 Å². The second kappa shape index (κ2) is 5.67. The van der Waals surface area contributed by atoms with Crippen molar-refractivity contribution in [1.29, 1.82) is 0 Å². The van der Waals surface area contributed by atoms with Crippen molar-refractivity contribution in [3.63, 3.8) is 0 Å². The summed E-state index contributed by atoms with van der Waals surface area (Å²) in [6.45, 7) is 4.41. The fourth-order valence-corrected chi connectivity index (χ4v) is 1.85. The largest absolute Gasteiger partial charge is 0.481 e. The number of carbonyl (C=O) groups excluding carboxylic acids is 1. The van der Waals surface area contributed by atoms with E-state index in [1.165, 1.54) is 7.11 Å². The molecule has 1 aromatic heterocycles. The molecule has 1 aromatic rings. The number of nitrogens with zero attached hydrogens (tertiary/aromatic N) is 2. The minimum Gasteiger partial charge on any atom is -0.481 e. The van der Waals surface area contributed by atoms with E-state index in [0.29, 0.717) is 12.4 Å². The molecule has 17 heavy (non-hydrogen) atoms.